The van der Waals surface area contributed by atoms with E-state index in [1.807, 2.05) is 0 Å². The molecule has 0 heterocycles. The average Bonchev–Trinajstić information content (AvgIpc) is 3.02. The second-order valence-corrected chi connectivity index (χ2v) is 11.5. The van der Waals surface area contributed by atoms with E-state index in [0.717, 1.165) is 44.9 Å². The Hall–Kier alpha value is -0.650. The molecule has 0 radical (unpaired) electrons. The second kappa shape index (κ2) is 7.49. The van der Waals surface area contributed by atoms with Gasteiger partial charge in [0.15, 0.2) is 0 Å². The third kappa shape index (κ3) is 3.27. The van der Waals surface area contributed by atoms with Crippen LogP contribution in [-0.4, -0.2) is 44.7 Å². The van der Waals surface area contributed by atoms with Crippen molar-refractivity contribution in [3.63, 3.8) is 0 Å². The van der Waals surface area contributed by atoms with Gasteiger partial charge in [-0.05, 0) is 97.7 Å². The van der Waals surface area contributed by atoms with Crippen LogP contribution in [0.2, 0.25) is 0 Å². The highest BCUT2D eigenvalue weighted by atomic mass is 16.4. The fraction of sp³-hybridized carbons (Fsp3) is 0.958. The van der Waals surface area contributed by atoms with Crippen molar-refractivity contribution in [1.29, 1.82) is 0 Å². The molecule has 4 N–H and O–H groups in total. The van der Waals surface area contributed by atoms with Crippen LogP contribution in [-0.2, 0) is 4.79 Å². The smallest absolute Gasteiger partial charge is 0.303 e. The van der Waals surface area contributed by atoms with Gasteiger partial charge in [-0.2, -0.15) is 0 Å². The van der Waals surface area contributed by atoms with Gasteiger partial charge >= 0.3 is 5.97 Å². The predicted molar refractivity (Wildman–Crippen MR) is 110 cm³/mol. The Morgan fingerprint density at radius 2 is 1.59 bits per heavy atom. The van der Waals surface area contributed by atoms with Crippen molar-refractivity contribution in [2.24, 2.45) is 46.3 Å². The number of hydrogen-bond acceptors (Lipinski definition) is 4. The highest BCUT2D eigenvalue weighted by Gasteiger charge is 2.65. The molecule has 11 atom stereocenters. The molecule has 4 saturated carbocycles. The molecule has 0 aromatic rings. The zero-order chi connectivity index (χ0) is 21.1. The number of aliphatic carboxylic acids is 1. The van der Waals surface area contributed by atoms with Gasteiger partial charge in [-0.25, -0.2) is 0 Å². The summed E-state index contributed by atoms with van der Waals surface area (Å²) in [6.45, 7) is 6.89. The van der Waals surface area contributed by atoms with Crippen LogP contribution in [0.1, 0.15) is 78.6 Å². The van der Waals surface area contributed by atoms with Gasteiger partial charge < -0.3 is 20.4 Å². The van der Waals surface area contributed by atoms with Gasteiger partial charge in [0.1, 0.15) is 0 Å². The largest absolute Gasteiger partial charge is 0.481 e. The number of hydrogen-bond donors (Lipinski definition) is 4. The SMILES string of the molecule is C[C@H](CCC(=O)O)[C@H]1CCC2C3C(CC[C@@]21C)[C@@]1(C)CC[C@@H](O)CC1[C@H](O)[C@@H]3O. The maximum absolute atomic E-state index is 11.3. The van der Waals surface area contributed by atoms with Crippen LogP contribution in [0.4, 0.5) is 0 Å². The van der Waals surface area contributed by atoms with Crippen molar-refractivity contribution in [3.05, 3.63) is 0 Å². The highest BCUT2D eigenvalue weighted by Crippen LogP contribution is 2.68. The van der Waals surface area contributed by atoms with E-state index in [-0.39, 0.29) is 35.2 Å². The molecule has 4 fully saturated rings. The van der Waals surface area contributed by atoms with Gasteiger partial charge in [0.25, 0.3) is 0 Å². The van der Waals surface area contributed by atoms with Crippen molar-refractivity contribution in [3.8, 4) is 0 Å². The van der Waals surface area contributed by atoms with E-state index in [9.17, 15) is 20.1 Å². The van der Waals surface area contributed by atoms with Crippen molar-refractivity contribution in [1.82, 2.24) is 0 Å². The summed E-state index contributed by atoms with van der Waals surface area (Å²) in [7, 11) is 0. The lowest BCUT2D eigenvalue weighted by molar-refractivity contribution is -0.223. The first-order chi connectivity index (χ1) is 13.6. The number of carboxylic acid groups (broad SMARTS) is 1. The molecule has 29 heavy (non-hydrogen) atoms. The van der Waals surface area contributed by atoms with Gasteiger partial charge in [-0.3, -0.25) is 4.79 Å². The minimum absolute atomic E-state index is 0.00309. The van der Waals surface area contributed by atoms with Crippen LogP contribution in [0.5, 0.6) is 0 Å². The van der Waals surface area contributed by atoms with E-state index < -0.39 is 18.2 Å². The topological polar surface area (TPSA) is 98.0 Å². The van der Waals surface area contributed by atoms with Crippen LogP contribution in [0.25, 0.3) is 0 Å². The second-order valence-electron chi connectivity index (χ2n) is 11.5. The van der Waals surface area contributed by atoms with E-state index in [1.54, 1.807) is 0 Å². The number of aliphatic hydroxyl groups is 3. The minimum Gasteiger partial charge on any atom is -0.481 e. The number of fused-ring (bicyclic) bond motifs is 5. The first-order valence-corrected chi connectivity index (χ1v) is 11.9. The van der Waals surface area contributed by atoms with Gasteiger partial charge in [0.2, 0.25) is 0 Å². The molecule has 4 unspecified atom stereocenters. The molecule has 0 aliphatic heterocycles. The predicted octanol–water partition coefficient (Wildman–Crippen LogP) is 3.45. The van der Waals surface area contributed by atoms with Gasteiger partial charge in [-0.1, -0.05) is 20.8 Å². The first kappa shape index (κ1) is 21.6. The Morgan fingerprint density at radius 3 is 2.28 bits per heavy atom. The molecule has 0 aromatic heterocycles. The summed E-state index contributed by atoms with van der Waals surface area (Å²) in [4.78, 5) is 11.1. The number of carbonyl (C=O) groups is 1. The molecule has 0 aromatic carbocycles. The molecule has 0 spiro atoms. The molecular formula is C24H40O5. The molecule has 5 heteroatoms. The minimum atomic E-state index is -0.748. The Bertz CT molecular complexity index is 637. The van der Waals surface area contributed by atoms with Gasteiger partial charge in [0.05, 0.1) is 18.3 Å². The average molecular weight is 409 g/mol. The molecule has 4 rings (SSSR count). The van der Waals surface area contributed by atoms with E-state index in [0.29, 0.717) is 30.1 Å². The maximum Gasteiger partial charge on any atom is 0.303 e. The van der Waals surface area contributed by atoms with Crippen LogP contribution in [0.15, 0.2) is 0 Å². The molecule has 4 aliphatic rings. The normalized spacial score (nSPS) is 52.9. The summed E-state index contributed by atoms with van der Waals surface area (Å²) in [5.41, 5.74) is 0.119. The van der Waals surface area contributed by atoms with Crippen LogP contribution < -0.4 is 0 Å². The lowest BCUT2D eigenvalue weighted by Gasteiger charge is -2.63. The first-order valence-electron chi connectivity index (χ1n) is 11.9. The summed E-state index contributed by atoms with van der Waals surface area (Å²) in [6.07, 6.45) is 5.87. The van der Waals surface area contributed by atoms with Gasteiger partial charge in [0, 0.05) is 6.42 Å². The Labute approximate surface area is 174 Å². The summed E-state index contributed by atoms with van der Waals surface area (Å²) in [6, 6.07) is 0. The number of carboxylic acids is 1. The summed E-state index contributed by atoms with van der Waals surface area (Å²) in [5.74, 6) is 1.06. The van der Waals surface area contributed by atoms with Crippen LogP contribution in [0.3, 0.4) is 0 Å². The molecule has 0 bridgehead atoms. The number of aliphatic hydroxyl groups excluding tert-OH is 3. The van der Waals surface area contributed by atoms with E-state index >= 15 is 0 Å². The van der Waals surface area contributed by atoms with Crippen molar-refractivity contribution >= 4 is 5.97 Å². The van der Waals surface area contributed by atoms with Gasteiger partial charge in [-0.15, -0.1) is 0 Å². The highest BCUT2D eigenvalue weighted by molar-refractivity contribution is 5.66. The molecule has 4 aliphatic carbocycles. The lowest BCUT2D eigenvalue weighted by Crippen LogP contribution is -2.64. The van der Waals surface area contributed by atoms with Crippen molar-refractivity contribution in [2.75, 3.05) is 0 Å². The summed E-state index contributed by atoms with van der Waals surface area (Å²) >= 11 is 0. The zero-order valence-electron chi connectivity index (χ0n) is 18.3. The Morgan fingerprint density at radius 1 is 0.931 bits per heavy atom. The Balaban J connectivity index is 1.59. The molecule has 0 amide bonds. The Kier molecular flexibility index (Phi) is 5.57. The number of rotatable bonds is 4. The fourth-order valence-corrected chi connectivity index (χ4v) is 8.77. The third-order valence-corrected chi connectivity index (χ3v) is 10.3. The van der Waals surface area contributed by atoms with Crippen LogP contribution >= 0.6 is 0 Å². The monoisotopic (exact) mass is 408 g/mol. The molecular weight excluding hydrogens is 368 g/mol. The molecule has 166 valence electrons. The maximum atomic E-state index is 11.3. The van der Waals surface area contributed by atoms with E-state index in [1.165, 1.54) is 0 Å². The molecule has 5 nitrogen and oxygen atoms in total. The van der Waals surface area contributed by atoms with E-state index in [4.69, 9.17) is 5.11 Å². The summed E-state index contributed by atoms with van der Waals surface area (Å²) in [5, 5.41) is 41.7. The van der Waals surface area contributed by atoms with Crippen molar-refractivity contribution < 1.29 is 25.2 Å². The lowest BCUT2D eigenvalue weighted by atomic mass is 9.43. The van der Waals surface area contributed by atoms with E-state index in [2.05, 4.69) is 20.8 Å². The standard InChI is InChI=1S/C24H40O5/c1-13(4-7-19(26)27)15-5-6-16-20-17(9-11-23(15,16)2)24(3)10-8-14(25)12-18(24)21(28)22(20)29/h13-18,20-22,25,28-29H,4-12H2,1-3H3,(H,26,27)/t13-,14-,15-,16?,17?,18?,20?,21+,22-,23-,24-/m1/s1. The third-order valence-electron chi connectivity index (χ3n) is 10.3. The quantitative estimate of drug-likeness (QED) is 0.571. The zero-order valence-corrected chi connectivity index (χ0v) is 18.3. The van der Waals surface area contributed by atoms with Crippen LogP contribution in [0, 0.1) is 46.3 Å². The molecule has 0 saturated heterocycles. The summed E-state index contributed by atoms with van der Waals surface area (Å²) < 4.78 is 0. The fourth-order valence-electron chi connectivity index (χ4n) is 8.77. The van der Waals surface area contributed by atoms with Crippen molar-refractivity contribution in [2.45, 2.75) is 96.9 Å².